The summed E-state index contributed by atoms with van der Waals surface area (Å²) in [5, 5.41) is 0. The topological polar surface area (TPSA) is 52.6 Å². The second-order valence-corrected chi connectivity index (χ2v) is 3.70. The monoisotopic (exact) mass is 212 g/mol. The smallest absolute Gasteiger partial charge is 0.304 e. The van der Waals surface area contributed by atoms with Gasteiger partial charge in [0, 0.05) is 0 Å². The summed E-state index contributed by atoms with van der Waals surface area (Å²) in [4.78, 5) is 0. The average Bonchev–Trinajstić information content (AvgIpc) is 2.01. The van der Waals surface area contributed by atoms with Crippen molar-refractivity contribution >= 4 is 10.2 Å². The van der Waals surface area contributed by atoms with Gasteiger partial charge in [0.2, 0.25) is 0 Å². The van der Waals surface area contributed by atoms with Gasteiger partial charge in [-0.1, -0.05) is 6.08 Å². The molecule has 0 aliphatic rings. The number of halogens is 1. The van der Waals surface area contributed by atoms with Crippen LogP contribution in [0.5, 0.6) is 0 Å². The Morgan fingerprint density at radius 2 is 1.85 bits per heavy atom. The van der Waals surface area contributed by atoms with Crippen LogP contribution in [0.15, 0.2) is 12.7 Å². The number of ether oxygens (including phenoxy) is 2. The normalized spacial score (nSPS) is 11.5. The maximum atomic E-state index is 11.9. The van der Waals surface area contributed by atoms with Crippen LogP contribution in [0.3, 0.4) is 0 Å². The fraction of sp³-hybridized carbons (Fsp3) is 0.714. The fourth-order valence-electron chi connectivity index (χ4n) is 0.545. The van der Waals surface area contributed by atoms with Crippen LogP contribution in [0, 0.1) is 0 Å². The van der Waals surface area contributed by atoms with Crippen LogP contribution >= 0.6 is 0 Å². The Morgan fingerprint density at radius 3 is 2.38 bits per heavy atom. The number of hydrogen-bond donors (Lipinski definition) is 0. The highest BCUT2D eigenvalue weighted by molar-refractivity contribution is 7.86. The molecule has 0 N–H and O–H groups in total. The van der Waals surface area contributed by atoms with E-state index in [1.807, 2.05) is 0 Å². The average molecular weight is 212 g/mol. The summed E-state index contributed by atoms with van der Waals surface area (Å²) in [7, 11) is -4.40. The minimum absolute atomic E-state index is 0.143. The molecule has 13 heavy (non-hydrogen) atoms. The SMILES string of the molecule is C=CCOCCOCCS(=O)(=O)F. The van der Waals surface area contributed by atoms with Gasteiger partial charge in [-0.05, 0) is 0 Å². The Bertz CT molecular complexity index is 225. The summed E-state index contributed by atoms with van der Waals surface area (Å²) in [5.41, 5.74) is 0. The van der Waals surface area contributed by atoms with E-state index in [0.29, 0.717) is 13.2 Å². The van der Waals surface area contributed by atoms with Crippen molar-refractivity contribution in [3.63, 3.8) is 0 Å². The van der Waals surface area contributed by atoms with E-state index in [4.69, 9.17) is 9.47 Å². The Hall–Kier alpha value is -0.460. The highest BCUT2D eigenvalue weighted by Gasteiger charge is 2.05. The zero-order valence-electron chi connectivity index (χ0n) is 7.24. The van der Waals surface area contributed by atoms with Gasteiger partial charge in [0.1, 0.15) is 5.75 Å². The van der Waals surface area contributed by atoms with E-state index in [-0.39, 0.29) is 13.2 Å². The van der Waals surface area contributed by atoms with E-state index in [2.05, 4.69) is 6.58 Å². The summed E-state index contributed by atoms with van der Waals surface area (Å²) in [5.74, 6) is -0.603. The Morgan fingerprint density at radius 1 is 1.23 bits per heavy atom. The summed E-state index contributed by atoms with van der Waals surface area (Å²) in [6.07, 6.45) is 1.59. The van der Waals surface area contributed by atoms with Crippen molar-refractivity contribution in [3.8, 4) is 0 Å². The van der Waals surface area contributed by atoms with E-state index in [1.54, 1.807) is 6.08 Å². The molecule has 0 atom stereocenters. The zero-order chi connectivity index (χ0) is 10.2. The minimum Gasteiger partial charge on any atom is -0.378 e. The third-order valence-corrected chi connectivity index (χ3v) is 1.73. The molecular weight excluding hydrogens is 199 g/mol. The zero-order valence-corrected chi connectivity index (χ0v) is 8.06. The van der Waals surface area contributed by atoms with Crippen molar-refractivity contribution < 1.29 is 21.8 Å². The standard InChI is InChI=1S/C7H13FO4S/c1-2-3-11-4-5-12-6-7-13(8,9)10/h2H,1,3-7H2. The van der Waals surface area contributed by atoms with Gasteiger partial charge in [-0.2, -0.15) is 8.42 Å². The second-order valence-electron chi connectivity index (χ2n) is 2.22. The maximum Gasteiger partial charge on any atom is 0.304 e. The first-order valence-corrected chi connectivity index (χ1v) is 5.30. The van der Waals surface area contributed by atoms with Gasteiger partial charge in [0.05, 0.1) is 26.4 Å². The molecule has 0 saturated heterocycles. The van der Waals surface area contributed by atoms with Gasteiger partial charge in [0.15, 0.2) is 0 Å². The Balaban J connectivity index is 3.13. The molecular formula is C7H13FO4S. The fourth-order valence-corrected chi connectivity index (χ4v) is 0.862. The molecule has 0 amide bonds. The predicted molar refractivity (Wildman–Crippen MR) is 46.7 cm³/mol. The van der Waals surface area contributed by atoms with Crippen LogP contribution in [0.25, 0.3) is 0 Å². The first-order chi connectivity index (χ1) is 6.06. The van der Waals surface area contributed by atoms with E-state index < -0.39 is 16.0 Å². The van der Waals surface area contributed by atoms with E-state index in [1.165, 1.54) is 0 Å². The predicted octanol–water partition coefficient (Wildman–Crippen LogP) is 0.505. The van der Waals surface area contributed by atoms with Crippen molar-refractivity contribution in [2.75, 3.05) is 32.2 Å². The lowest BCUT2D eigenvalue weighted by atomic mass is 10.7. The van der Waals surface area contributed by atoms with Crippen LogP contribution in [0.1, 0.15) is 0 Å². The molecule has 4 nitrogen and oxygen atoms in total. The third kappa shape index (κ3) is 11.5. The van der Waals surface area contributed by atoms with Crippen molar-refractivity contribution in [2.45, 2.75) is 0 Å². The van der Waals surface area contributed by atoms with Crippen LogP contribution in [0.2, 0.25) is 0 Å². The van der Waals surface area contributed by atoms with Crippen molar-refractivity contribution in [1.82, 2.24) is 0 Å². The third-order valence-electron chi connectivity index (χ3n) is 1.08. The first kappa shape index (κ1) is 12.5. The number of hydrogen-bond acceptors (Lipinski definition) is 4. The van der Waals surface area contributed by atoms with Crippen LogP contribution < -0.4 is 0 Å². The lowest BCUT2D eigenvalue weighted by Crippen LogP contribution is -2.11. The van der Waals surface area contributed by atoms with Gasteiger partial charge < -0.3 is 9.47 Å². The molecule has 0 saturated carbocycles. The summed E-state index contributed by atoms with van der Waals surface area (Å²) < 4.78 is 41.5. The van der Waals surface area contributed by atoms with E-state index in [9.17, 15) is 12.3 Å². The van der Waals surface area contributed by atoms with E-state index in [0.717, 1.165) is 0 Å². The second kappa shape index (κ2) is 6.99. The lowest BCUT2D eigenvalue weighted by molar-refractivity contribution is 0.0650. The Kier molecular flexibility index (Phi) is 6.75. The molecule has 0 aliphatic heterocycles. The molecule has 0 rings (SSSR count). The molecule has 0 aromatic carbocycles. The summed E-state index contributed by atoms with van der Waals surface area (Å²) in [6, 6.07) is 0. The Labute approximate surface area is 77.6 Å². The van der Waals surface area contributed by atoms with Crippen LogP contribution in [-0.4, -0.2) is 40.6 Å². The molecule has 0 fully saturated rings. The largest absolute Gasteiger partial charge is 0.378 e. The van der Waals surface area contributed by atoms with E-state index >= 15 is 0 Å². The molecule has 6 heteroatoms. The highest BCUT2D eigenvalue weighted by atomic mass is 32.3. The molecule has 0 heterocycles. The summed E-state index contributed by atoms with van der Waals surface area (Å²) in [6.45, 7) is 4.31. The molecule has 0 bridgehead atoms. The van der Waals surface area contributed by atoms with Gasteiger partial charge in [0.25, 0.3) is 0 Å². The first-order valence-electron chi connectivity index (χ1n) is 3.75. The summed E-state index contributed by atoms with van der Waals surface area (Å²) >= 11 is 0. The van der Waals surface area contributed by atoms with Crippen LogP contribution in [0.4, 0.5) is 3.89 Å². The van der Waals surface area contributed by atoms with Gasteiger partial charge in [-0.3, -0.25) is 0 Å². The maximum absolute atomic E-state index is 11.9. The molecule has 0 aromatic rings. The van der Waals surface area contributed by atoms with Gasteiger partial charge >= 0.3 is 10.2 Å². The molecule has 0 aliphatic carbocycles. The molecule has 0 spiro atoms. The highest BCUT2D eigenvalue weighted by Crippen LogP contribution is 1.90. The lowest BCUT2D eigenvalue weighted by Gasteiger charge is -2.01. The van der Waals surface area contributed by atoms with Crippen molar-refractivity contribution in [2.24, 2.45) is 0 Å². The van der Waals surface area contributed by atoms with Gasteiger partial charge in [-0.15, -0.1) is 10.5 Å². The molecule has 0 aromatic heterocycles. The quantitative estimate of drug-likeness (QED) is 0.334. The van der Waals surface area contributed by atoms with Crippen LogP contribution in [-0.2, 0) is 19.7 Å². The minimum atomic E-state index is -4.40. The molecule has 78 valence electrons. The van der Waals surface area contributed by atoms with Gasteiger partial charge in [-0.25, -0.2) is 0 Å². The number of rotatable bonds is 8. The molecule has 0 radical (unpaired) electrons. The van der Waals surface area contributed by atoms with Crippen molar-refractivity contribution in [3.05, 3.63) is 12.7 Å². The van der Waals surface area contributed by atoms with Crippen molar-refractivity contribution in [1.29, 1.82) is 0 Å². The molecule has 0 unspecified atom stereocenters.